The first-order valence-electron chi connectivity index (χ1n) is 6.39. The fourth-order valence-electron chi connectivity index (χ4n) is 3.08. The monoisotopic (exact) mass is 240 g/mol. The van der Waals surface area contributed by atoms with Gasteiger partial charge in [-0.15, -0.1) is 0 Å². The zero-order valence-corrected chi connectivity index (χ0v) is 10.5. The Bertz CT molecular complexity index is 621. The average Bonchev–Trinajstić information content (AvgIpc) is 2.78. The van der Waals surface area contributed by atoms with Crippen molar-refractivity contribution < 1.29 is 4.74 Å². The Balaban J connectivity index is 2.23. The van der Waals surface area contributed by atoms with E-state index < -0.39 is 0 Å². The fraction of sp³-hybridized carbons (Fsp3) is 0.400. The Kier molecular flexibility index (Phi) is 2.71. The highest BCUT2D eigenvalue weighted by molar-refractivity contribution is 5.90. The van der Waals surface area contributed by atoms with Crippen LogP contribution in [-0.2, 0) is 6.42 Å². The van der Waals surface area contributed by atoms with Crippen LogP contribution < -0.4 is 4.74 Å². The number of rotatable bonds is 2. The van der Waals surface area contributed by atoms with Gasteiger partial charge in [-0.3, -0.25) is 0 Å². The minimum absolute atomic E-state index is 0.375. The molecule has 0 fully saturated rings. The van der Waals surface area contributed by atoms with E-state index in [1.807, 2.05) is 12.1 Å². The van der Waals surface area contributed by atoms with Gasteiger partial charge in [-0.1, -0.05) is 12.1 Å². The van der Waals surface area contributed by atoms with Crippen molar-refractivity contribution in [2.24, 2.45) is 0 Å². The average molecular weight is 240 g/mol. The molecule has 2 aromatic rings. The number of aromatic amines is 1. The molecule has 3 heteroatoms. The summed E-state index contributed by atoms with van der Waals surface area (Å²) < 4.78 is 5.40. The zero-order valence-electron chi connectivity index (χ0n) is 10.5. The standard InChI is InChI=1S/C15H16N2O/c1-18-13-7-3-5-11-14-10(8-9-16)4-2-6-12(14)17-15(11)13/h3,5,7,10,17H,2,4,6,8H2,1H3. The predicted molar refractivity (Wildman–Crippen MR) is 70.8 cm³/mol. The van der Waals surface area contributed by atoms with Crippen LogP contribution in [0.1, 0.15) is 36.4 Å². The molecule has 92 valence electrons. The van der Waals surface area contributed by atoms with Crippen molar-refractivity contribution in [3.8, 4) is 11.8 Å². The highest BCUT2D eigenvalue weighted by Crippen LogP contribution is 2.40. The molecule has 1 N–H and O–H groups in total. The lowest BCUT2D eigenvalue weighted by molar-refractivity contribution is 0.419. The Morgan fingerprint density at radius 3 is 3.17 bits per heavy atom. The number of aromatic nitrogens is 1. The van der Waals surface area contributed by atoms with Crippen LogP contribution in [0.25, 0.3) is 10.9 Å². The summed E-state index contributed by atoms with van der Waals surface area (Å²) in [5.74, 6) is 1.26. The molecule has 18 heavy (non-hydrogen) atoms. The van der Waals surface area contributed by atoms with E-state index in [4.69, 9.17) is 10.00 Å². The van der Waals surface area contributed by atoms with E-state index in [1.165, 1.54) is 16.6 Å². The van der Waals surface area contributed by atoms with Crippen molar-refractivity contribution >= 4 is 10.9 Å². The summed E-state index contributed by atoms with van der Waals surface area (Å²) in [6, 6.07) is 8.44. The highest BCUT2D eigenvalue weighted by atomic mass is 16.5. The summed E-state index contributed by atoms with van der Waals surface area (Å²) in [5, 5.41) is 10.2. The number of nitrogens with zero attached hydrogens (tertiary/aromatic N) is 1. The number of methoxy groups -OCH3 is 1. The molecule has 1 atom stereocenters. The number of hydrogen-bond donors (Lipinski definition) is 1. The molecule has 0 amide bonds. The second-order valence-corrected chi connectivity index (χ2v) is 4.85. The molecule has 0 radical (unpaired) electrons. The van der Waals surface area contributed by atoms with Gasteiger partial charge in [-0.05, 0) is 36.8 Å². The van der Waals surface area contributed by atoms with Crippen molar-refractivity contribution in [3.63, 3.8) is 0 Å². The first kappa shape index (κ1) is 11.2. The second kappa shape index (κ2) is 4.38. The normalized spacial score (nSPS) is 18.3. The second-order valence-electron chi connectivity index (χ2n) is 4.85. The third kappa shape index (κ3) is 1.57. The minimum atomic E-state index is 0.375. The first-order chi connectivity index (χ1) is 8.85. The number of fused-ring (bicyclic) bond motifs is 3. The number of hydrogen-bond acceptors (Lipinski definition) is 2. The van der Waals surface area contributed by atoms with Crippen molar-refractivity contribution in [1.29, 1.82) is 5.26 Å². The number of benzene rings is 1. The largest absolute Gasteiger partial charge is 0.495 e. The van der Waals surface area contributed by atoms with Crippen LogP contribution in [0.2, 0.25) is 0 Å². The lowest BCUT2D eigenvalue weighted by Gasteiger charge is -2.20. The number of para-hydroxylation sites is 1. The van der Waals surface area contributed by atoms with E-state index >= 15 is 0 Å². The molecule has 3 nitrogen and oxygen atoms in total. The van der Waals surface area contributed by atoms with Crippen LogP contribution in [0.3, 0.4) is 0 Å². The molecule has 1 aromatic heterocycles. The molecule has 1 unspecified atom stereocenters. The molecule has 1 heterocycles. The first-order valence-corrected chi connectivity index (χ1v) is 6.39. The molecular weight excluding hydrogens is 224 g/mol. The molecule has 0 bridgehead atoms. The molecular formula is C15H16N2O. The van der Waals surface area contributed by atoms with E-state index in [2.05, 4.69) is 17.1 Å². The van der Waals surface area contributed by atoms with Crippen LogP contribution in [-0.4, -0.2) is 12.1 Å². The van der Waals surface area contributed by atoms with Crippen LogP contribution in [0.4, 0.5) is 0 Å². The summed E-state index contributed by atoms with van der Waals surface area (Å²) in [6.45, 7) is 0. The maximum absolute atomic E-state index is 8.97. The van der Waals surface area contributed by atoms with Gasteiger partial charge in [-0.2, -0.15) is 5.26 Å². The number of nitrogens with one attached hydrogen (secondary N) is 1. The SMILES string of the molecule is COc1cccc2c3c([nH]c12)CCCC3CC#N. The third-order valence-corrected chi connectivity index (χ3v) is 3.86. The van der Waals surface area contributed by atoms with Gasteiger partial charge in [0.15, 0.2) is 0 Å². The van der Waals surface area contributed by atoms with Crippen LogP contribution in [0.5, 0.6) is 5.75 Å². The highest BCUT2D eigenvalue weighted by Gasteiger charge is 2.25. The van der Waals surface area contributed by atoms with E-state index in [-0.39, 0.29) is 0 Å². The summed E-state index contributed by atoms with van der Waals surface area (Å²) in [6.07, 6.45) is 3.96. The number of aryl methyl sites for hydroxylation is 1. The topological polar surface area (TPSA) is 48.8 Å². The lowest BCUT2D eigenvalue weighted by Crippen LogP contribution is -2.08. The van der Waals surface area contributed by atoms with Gasteiger partial charge in [0, 0.05) is 17.5 Å². The maximum Gasteiger partial charge on any atom is 0.142 e. The zero-order chi connectivity index (χ0) is 12.5. The Labute approximate surface area is 106 Å². The molecule has 1 aliphatic carbocycles. The Morgan fingerprint density at radius 2 is 2.39 bits per heavy atom. The van der Waals surface area contributed by atoms with Crippen molar-refractivity contribution in [1.82, 2.24) is 4.98 Å². The van der Waals surface area contributed by atoms with E-state index in [0.29, 0.717) is 12.3 Å². The third-order valence-electron chi connectivity index (χ3n) is 3.86. The molecule has 0 spiro atoms. The van der Waals surface area contributed by atoms with Crippen LogP contribution in [0, 0.1) is 11.3 Å². The van der Waals surface area contributed by atoms with E-state index in [0.717, 1.165) is 30.5 Å². The number of ether oxygens (including phenoxy) is 1. The van der Waals surface area contributed by atoms with Gasteiger partial charge >= 0.3 is 0 Å². The minimum Gasteiger partial charge on any atom is -0.495 e. The van der Waals surface area contributed by atoms with Crippen LogP contribution >= 0.6 is 0 Å². The molecule has 1 aromatic carbocycles. The van der Waals surface area contributed by atoms with E-state index in [1.54, 1.807) is 7.11 Å². The van der Waals surface area contributed by atoms with Gasteiger partial charge in [0.05, 0.1) is 18.7 Å². The summed E-state index contributed by atoms with van der Waals surface area (Å²) >= 11 is 0. The maximum atomic E-state index is 8.97. The van der Waals surface area contributed by atoms with E-state index in [9.17, 15) is 0 Å². The lowest BCUT2D eigenvalue weighted by atomic mass is 9.83. The van der Waals surface area contributed by atoms with Gasteiger partial charge < -0.3 is 9.72 Å². The smallest absolute Gasteiger partial charge is 0.142 e. The molecule has 0 saturated carbocycles. The Morgan fingerprint density at radius 1 is 1.50 bits per heavy atom. The quantitative estimate of drug-likeness (QED) is 0.873. The molecule has 0 saturated heterocycles. The van der Waals surface area contributed by atoms with Gasteiger partial charge in [0.1, 0.15) is 5.75 Å². The summed E-state index contributed by atoms with van der Waals surface area (Å²) in [4.78, 5) is 3.49. The predicted octanol–water partition coefficient (Wildman–Crippen LogP) is 3.51. The van der Waals surface area contributed by atoms with Crippen molar-refractivity contribution in [3.05, 3.63) is 29.5 Å². The molecule has 1 aliphatic rings. The fourth-order valence-corrected chi connectivity index (χ4v) is 3.08. The van der Waals surface area contributed by atoms with Gasteiger partial charge in [-0.25, -0.2) is 0 Å². The molecule has 0 aliphatic heterocycles. The van der Waals surface area contributed by atoms with Crippen molar-refractivity contribution in [2.75, 3.05) is 7.11 Å². The van der Waals surface area contributed by atoms with Gasteiger partial charge in [0.2, 0.25) is 0 Å². The van der Waals surface area contributed by atoms with Crippen LogP contribution in [0.15, 0.2) is 18.2 Å². The number of H-pyrrole nitrogens is 1. The van der Waals surface area contributed by atoms with Crippen molar-refractivity contribution in [2.45, 2.75) is 31.6 Å². The summed E-state index contributed by atoms with van der Waals surface area (Å²) in [5.41, 5.74) is 3.72. The Hall–Kier alpha value is -1.95. The molecule has 3 rings (SSSR count). The summed E-state index contributed by atoms with van der Waals surface area (Å²) in [7, 11) is 1.70. The van der Waals surface area contributed by atoms with Gasteiger partial charge in [0.25, 0.3) is 0 Å². The number of nitriles is 1.